The normalized spacial score (nSPS) is 21.6. The molecule has 17 heavy (non-hydrogen) atoms. The molecule has 1 aliphatic heterocycles. The Bertz CT molecular complexity index is 379. The Kier molecular flexibility index (Phi) is 3.76. The Hall–Kier alpha value is -0.570. The first-order chi connectivity index (χ1) is 7.98. The molecule has 1 aromatic rings. The van der Waals surface area contributed by atoms with Crippen molar-refractivity contribution >= 4 is 28.4 Å². The molecule has 1 saturated heterocycles. The monoisotopic (exact) mass is 357 g/mol. The van der Waals surface area contributed by atoms with Crippen LogP contribution in [0.3, 0.4) is 0 Å². The van der Waals surface area contributed by atoms with E-state index in [1.807, 2.05) is 4.90 Å². The van der Waals surface area contributed by atoms with Crippen LogP contribution in [-0.2, 0) is 6.18 Å². The van der Waals surface area contributed by atoms with Gasteiger partial charge >= 0.3 is 6.18 Å². The lowest BCUT2D eigenvalue weighted by atomic mass is 10.2. The predicted molar refractivity (Wildman–Crippen MR) is 67.3 cm³/mol. The summed E-state index contributed by atoms with van der Waals surface area (Å²) in [6.07, 6.45) is -3.43. The van der Waals surface area contributed by atoms with Crippen molar-refractivity contribution in [2.45, 2.75) is 10.2 Å². The van der Waals surface area contributed by atoms with Gasteiger partial charge in [0.2, 0.25) is 0 Å². The zero-order valence-corrected chi connectivity index (χ0v) is 11.0. The zero-order valence-electron chi connectivity index (χ0n) is 8.84. The summed E-state index contributed by atoms with van der Waals surface area (Å²) in [6, 6.07) is 2.51. The number of nitrogens with zero attached hydrogens (tertiary/aromatic N) is 2. The van der Waals surface area contributed by atoms with Gasteiger partial charge in [0.1, 0.15) is 5.82 Å². The number of hydrogen-bond donors (Lipinski definition) is 1. The summed E-state index contributed by atoms with van der Waals surface area (Å²) in [5.74, 6) is 0.596. The molecule has 7 heteroatoms. The number of alkyl halides is 4. The van der Waals surface area contributed by atoms with Crippen LogP contribution in [0, 0.1) is 0 Å². The maximum Gasteiger partial charge on any atom is 0.417 e. The van der Waals surface area contributed by atoms with Crippen molar-refractivity contribution in [1.82, 2.24) is 10.3 Å². The Morgan fingerprint density at radius 2 is 2.18 bits per heavy atom. The molecule has 94 valence electrons. The molecule has 1 aromatic heterocycles. The molecular formula is C10H11F3IN3. The molecule has 1 N–H and O–H groups in total. The highest BCUT2D eigenvalue weighted by molar-refractivity contribution is 14.1. The first-order valence-electron chi connectivity index (χ1n) is 5.13. The molecule has 0 spiro atoms. The topological polar surface area (TPSA) is 28.2 Å². The minimum atomic E-state index is -4.32. The largest absolute Gasteiger partial charge is 0.417 e. The van der Waals surface area contributed by atoms with E-state index in [0.29, 0.717) is 5.82 Å². The Morgan fingerprint density at radius 3 is 2.71 bits per heavy atom. The van der Waals surface area contributed by atoms with Crippen molar-refractivity contribution in [2.75, 3.05) is 24.5 Å². The van der Waals surface area contributed by atoms with Crippen molar-refractivity contribution in [3.8, 4) is 0 Å². The first-order valence-corrected chi connectivity index (χ1v) is 6.38. The Labute approximate surface area is 111 Å². The second kappa shape index (κ2) is 4.97. The number of aromatic nitrogens is 1. The SMILES string of the molecule is FC(F)(F)c1ccc(N2CCNCC2I)nc1. The third-order valence-electron chi connectivity index (χ3n) is 2.55. The van der Waals surface area contributed by atoms with Crippen molar-refractivity contribution in [2.24, 2.45) is 0 Å². The lowest BCUT2D eigenvalue weighted by molar-refractivity contribution is -0.137. The summed E-state index contributed by atoms with van der Waals surface area (Å²) >= 11 is 2.25. The third-order valence-corrected chi connectivity index (χ3v) is 3.66. The van der Waals surface area contributed by atoms with Crippen LogP contribution in [0.2, 0.25) is 0 Å². The van der Waals surface area contributed by atoms with Crippen molar-refractivity contribution in [1.29, 1.82) is 0 Å². The standard InChI is InChI=1S/C10H11F3IN3/c11-10(12,13)7-1-2-9(16-5-7)17-4-3-15-6-8(17)14/h1-2,5,8,15H,3-4,6H2. The van der Waals surface area contributed by atoms with Crippen LogP contribution in [0.5, 0.6) is 0 Å². The van der Waals surface area contributed by atoms with Crippen molar-refractivity contribution in [3.05, 3.63) is 23.9 Å². The fourth-order valence-corrected chi connectivity index (χ4v) is 2.53. The number of pyridine rings is 1. The van der Waals surface area contributed by atoms with E-state index < -0.39 is 11.7 Å². The van der Waals surface area contributed by atoms with Crippen LogP contribution in [-0.4, -0.2) is 28.7 Å². The molecule has 0 radical (unpaired) electrons. The van der Waals surface area contributed by atoms with E-state index in [9.17, 15) is 13.2 Å². The van der Waals surface area contributed by atoms with Gasteiger partial charge in [-0.05, 0) is 12.1 Å². The van der Waals surface area contributed by atoms with Gasteiger partial charge in [-0.15, -0.1) is 0 Å². The van der Waals surface area contributed by atoms with Gasteiger partial charge in [-0.25, -0.2) is 4.98 Å². The van der Waals surface area contributed by atoms with Gasteiger partial charge in [0.05, 0.1) is 9.61 Å². The van der Waals surface area contributed by atoms with Crippen LogP contribution in [0.25, 0.3) is 0 Å². The van der Waals surface area contributed by atoms with E-state index >= 15 is 0 Å². The molecular weight excluding hydrogens is 346 g/mol. The molecule has 3 nitrogen and oxygen atoms in total. The average Bonchev–Trinajstić information content (AvgIpc) is 2.29. The van der Waals surface area contributed by atoms with Crippen molar-refractivity contribution < 1.29 is 13.2 Å². The van der Waals surface area contributed by atoms with Crippen LogP contribution in [0.4, 0.5) is 19.0 Å². The minimum Gasteiger partial charge on any atom is -0.342 e. The maximum absolute atomic E-state index is 12.4. The molecule has 1 unspecified atom stereocenters. The number of anilines is 1. The Morgan fingerprint density at radius 1 is 1.41 bits per heavy atom. The number of piperazine rings is 1. The van der Waals surface area contributed by atoms with E-state index in [1.54, 1.807) is 0 Å². The average molecular weight is 357 g/mol. The highest BCUT2D eigenvalue weighted by Crippen LogP contribution is 2.30. The summed E-state index contributed by atoms with van der Waals surface area (Å²) in [4.78, 5) is 5.89. The fraction of sp³-hybridized carbons (Fsp3) is 0.500. The van der Waals surface area contributed by atoms with Gasteiger partial charge in [-0.2, -0.15) is 13.2 Å². The van der Waals surface area contributed by atoms with Gasteiger partial charge in [0.25, 0.3) is 0 Å². The minimum absolute atomic E-state index is 0.214. The van der Waals surface area contributed by atoms with Gasteiger partial charge < -0.3 is 10.2 Å². The summed E-state index contributed by atoms with van der Waals surface area (Å²) in [5.41, 5.74) is -0.707. The summed E-state index contributed by atoms with van der Waals surface area (Å²) < 4.78 is 37.3. The summed E-state index contributed by atoms with van der Waals surface area (Å²) in [6.45, 7) is 2.39. The second-order valence-electron chi connectivity index (χ2n) is 3.73. The Balaban J connectivity index is 2.17. The number of rotatable bonds is 1. The lowest BCUT2D eigenvalue weighted by Gasteiger charge is -2.33. The number of halogens is 4. The van der Waals surface area contributed by atoms with Crippen LogP contribution >= 0.6 is 22.6 Å². The van der Waals surface area contributed by atoms with Gasteiger partial charge in [0.15, 0.2) is 0 Å². The predicted octanol–water partition coefficient (Wildman–Crippen LogP) is 2.27. The smallest absolute Gasteiger partial charge is 0.342 e. The maximum atomic E-state index is 12.4. The van der Waals surface area contributed by atoms with Crippen molar-refractivity contribution in [3.63, 3.8) is 0 Å². The highest BCUT2D eigenvalue weighted by atomic mass is 127. The van der Waals surface area contributed by atoms with Gasteiger partial charge in [0, 0.05) is 25.8 Å². The fourth-order valence-electron chi connectivity index (χ4n) is 1.65. The van der Waals surface area contributed by atoms with E-state index in [2.05, 4.69) is 32.9 Å². The van der Waals surface area contributed by atoms with E-state index in [1.165, 1.54) is 6.07 Å². The number of nitrogens with one attached hydrogen (secondary N) is 1. The summed E-state index contributed by atoms with van der Waals surface area (Å²) in [7, 11) is 0. The lowest BCUT2D eigenvalue weighted by Crippen LogP contribution is -2.48. The summed E-state index contributed by atoms with van der Waals surface area (Å²) in [5, 5.41) is 3.21. The molecule has 2 heterocycles. The molecule has 0 amide bonds. The third kappa shape index (κ3) is 3.01. The second-order valence-corrected chi connectivity index (χ2v) is 5.17. The first kappa shape index (κ1) is 12.9. The molecule has 0 saturated carbocycles. The van der Waals surface area contributed by atoms with E-state index in [4.69, 9.17) is 0 Å². The van der Waals surface area contributed by atoms with E-state index in [-0.39, 0.29) is 4.05 Å². The molecule has 0 aliphatic carbocycles. The molecule has 1 aliphatic rings. The molecule has 2 rings (SSSR count). The molecule has 1 fully saturated rings. The highest BCUT2D eigenvalue weighted by Gasteiger charge is 2.31. The molecule has 1 atom stereocenters. The number of hydrogen-bond acceptors (Lipinski definition) is 3. The van der Waals surface area contributed by atoms with Crippen LogP contribution in [0.1, 0.15) is 5.56 Å². The van der Waals surface area contributed by atoms with Gasteiger partial charge in [-0.3, -0.25) is 0 Å². The zero-order chi connectivity index (χ0) is 12.5. The molecule has 0 aromatic carbocycles. The van der Waals surface area contributed by atoms with Crippen LogP contribution < -0.4 is 10.2 Å². The van der Waals surface area contributed by atoms with E-state index in [0.717, 1.165) is 31.9 Å². The van der Waals surface area contributed by atoms with Gasteiger partial charge in [-0.1, -0.05) is 22.6 Å². The quantitative estimate of drug-likeness (QED) is 0.475. The molecule has 0 bridgehead atoms. The van der Waals surface area contributed by atoms with Crippen LogP contribution in [0.15, 0.2) is 18.3 Å².